The van der Waals surface area contributed by atoms with Crippen molar-refractivity contribution in [3.05, 3.63) is 65.2 Å². The summed E-state index contributed by atoms with van der Waals surface area (Å²) < 4.78 is 18.8. The monoisotopic (exact) mass is 508 g/mol. The molecule has 2 amide bonds. The fraction of sp³-hybridized carbons (Fsp3) is 0.407. The smallest absolute Gasteiger partial charge is 0.410 e. The molecule has 4 rings (SSSR count). The molecule has 1 fully saturated rings. The first-order valence-electron chi connectivity index (χ1n) is 12.4. The van der Waals surface area contributed by atoms with E-state index in [-0.39, 0.29) is 29.7 Å². The van der Waals surface area contributed by atoms with Crippen molar-refractivity contribution in [3.8, 4) is 0 Å². The molecule has 9 nitrogen and oxygen atoms in total. The Morgan fingerprint density at radius 3 is 2.54 bits per heavy atom. The van der Waals surface area contributed by atoms with Crippen molar-refractivity contribution in [2.75, 3.05) is 18.4 Å². The highest BCUT2D eigenvalue weighted by Crippen LogP contribution is 2.27. The number of nitrogens with zero attached hydrogens (tertiary/aromatic N) is 3. The van der Waals surface area contributed by atoms with E-state index in [1.54, 1.807) is 29.3 Å². The van der Waals surface area contributed by atoms with Crippen molar-refractivity contribution >= 4 is 29.1 Å². The van der Waals surface area contributed by atoms with E-state index in [2.05, 4.69) is 20.3 Å². The number of pyridine rings is 1. The summed E-state index contributed by atoms with van der Waals surface area (Å²) in [5.41, 5.74) is 9.10. The molecule has 1 aliphatic rings. The number of nitrogens with one attached hydrogen (secondary N) is 2. The summed E-state index contributed by atoms with van der Waals surface area (Å²) in [7, 11) is 0. The van der Waals surface area contributed by atoms with E-state index in [1.165, 1.54) is 12.1 Å². The molecule has 3 aromatic rings. The Hall–Kier alpha value is -3.95. The number of H-pyrrole nitrogens is 1. The Labute approximate surface area is 215 Å². The predicted octanol–water partition coefficient (Wildman–Crippen LogP) is 4.53. The molecule has 37 heavy (non-hydrogen) atoms. The van der Waals surface area contributed by atoms with E-state index < -0.39 is 5.60 Å². The zero-order valence-corrected chi connectivity index (χ0v) is 21.4. The van der Waals surface area contributed by atoms with E-state index >= 15 is 0 Å². The zero-order valence-electron chi connectivity index (χ0n) is 21.4. The first-order chi connectivity index (χ1) is 17.6. The Morgan fingerprint density at radius 2 is 1.89 bits per heavy atom. The van der Waals surface area contributed by atoms with Crippen LogP contribution in [0.4, 0.5) is 15.1 Å². The number of carbonyl (C=O) groups excluding carboxylic acids is 2. The van der Waals surface area contributed by atoms with E-state index in [9.17, 15) is 14.0 Å². The van der Waals surface area contributed by atoms with Gasteiger partial charge in [0.05, 0.1) is 5.52 Å². The van der Waals surface area contributed by atoms with Crippen molar-refractivity contribution in [3.63, 3.8) is 0 Å². The number of hydrogen-bond donors (Lipinski definition) is 3. The van der Waals surface area contributed by atoms with Crippen LogP contribution in [0.5, 0.6) is 0 Å². The minimum Gasteiger partial charge on any atom is -0.444 e. The van der Waals surface area contributed by atoms with Gasteiger partial charge in [-0.05, 0) is 76.3 Å². The summed E-state index contributed by atoms with van der Waals surface area (Å²) in [6.45, 7) is 6.48. The third-order valence-electron chi connectivity index (χ3n) is 6.28. The van der Waals surface area contributed by atoms with Gasteiger partial charge in [-0.15, -0.1) is 0 Å². The number of allylic oxidation sites excluding steroid dienone is 1. The molecule has 0 unspecified atom stereocenters. The third kappa shape index (κ3) is 6.84. The van der Waals surface area contributed by atoms with Gasteiger partial charge in [0, 0.05) is 36.5 Å². The number of benzene rings is 1. The molecule has 3 heterocycles. The van der Waals surface area contributed by atoms with Crippen LogP contribution < -0.4 is 11.1 Å². The second-order valence-corrected chi connectivity index (χ2v) is 10.2. The van der Waals surface area contributed by atoms with Crippen LogP contribution in [0.25, 0.3) is 11.2 Å². The SMILES string of the molecule is CC(C)(C)OC(=O)N1CCC(/C(N)=C(\CCc2ccc(F)cc2)C(=O)Nc2nc3ncccc3[nH]2)CC1. The molecular weight excluding hydrogens is 475 g/mol. The molecule has 1 aromatic carbocycles. The molecule has 1 aliphatic heterocycles. The van der Waals surface area contributed by atoms with Crippen LogP contribution in [-0.4, -0.2) is 50.5 Å². The molecule has 0 atom stereocenters. The summed E-state index contributed by atoms with van der Waals surface area (Å²) in [6.07, 6.45) is 3.40. The second-order valence-electron chi connectivity index (χ2n) is 10.2. The number of nitrogens with two attached hydrogens (primary N) is 1. The van der Waals surface area contributed by atoms with Gasteiger partial charge in [0.25, 0.3) is 5.91 Å². The lowest BCUT2D eigenvalue weighted by atomic mass is 9.89. The largest absolute Gasteiger partial charge is 0.444 e. The van der Waals surface area contributed by atoms with E-state index in [0.29, 0.717) is 61.2 Å². The number of aryl methyl sites for hydroxylation is 1. The number of ether oxygens (including phenoxy) is 1. The fourth-order valence-corrected chi connectivity index (χ4v) is 4.34. The molecule has 10 heteroatoms. The maximum Gasteiger partial charge on any atom is 0.410 e. The lowest BCUT2D eigenvalue weighted by Gasteiger charge is -2.34. The first kappa shape index (κ1) is 26.1. The van der Waals surface area contributed by atoms with Crippen molar-refractivity contribution < 1.29 is 18.7 Å². The maximum absolute atomic E-state index is 13.4. The van der Waals surface area contributed by atoms with E-state index in [1.807, 2.05) is 26.8 Å². The number of likely N-dealkylation sites (tertiary alicyclic amines) is 1. The van der Waals surface area contributed by atoms with Gasteiger partial charge < -0.3 is 20.4 Å². The number of anilines is 1. The Morgan fingerprint density at radius 1 is 1.19 bits per heavy atom. The average molecular weight is 509 g/mol. The van der Waals surface area contributed by atoms with Gasteiger partial charge in [-0.25, -0.2) is 14.2 Å². The molecule has 1 saturated heterocycles. The lowest BCUT2D eigenvalue weighted by molar-refractivity contribution is -0.113. The highest BCUT2D eigenvalue weighted by Gasteiger charge is 2.30. The highest BCUT2D eigenvalue weighted by molar-refractivity contribution is 6.03. The molecular formula is C27H33FN6O3. The molecule has 0 spiro atoms. The standard InChI is InChI=1S/C27H33FN6O3/c1-27(2,3)37-26(36)34-15-12-18(13-16-34)22(29)20(11-8-17-6-9-19(28)10-7-17)24(35)33-25-31-21-5-4-14-30-23(21)32-25/h4-7,9-10,14,18H,8,11-13,15-16,29H2,1-3H3,(H2,30,31,32,33,35)/b22-20-. The molecule has 2 aromatic heterocycles. The minimum absolute atomic E-state index is 0.0648. The Kier molecular flexibility index (Phi) is 7.75. The number of amides is 2. The minimum atomic E-state index is -0.565. The Bertz CT molecular complexity index is 1250. The summed E-state index contributed by atoms with van der Waals surface area (Å²) >= 11 is 0. The Balaban J connectivity index is 1.51. The van der Waals surface area contributed by atoms with Gasteiger partial charge in [0.2, 0.25) is 5.95 Å². The number of halogens is 1. The van der Waals surface area contributed by atoms with Gasteiger partial charge in [-0.2, -0.15) is 4.98 Å². The van der Waals surface area contributed by atoms with Crippen molar-refractivity contribution in [2.24, 2.45) is 11.7 Å². The number of hydrogen-bond acceptors (Lipinski definition) is 6. The summed E-state index contributed by atoms with van der Waals surface area (Å²) in [5.74, 6) is -0.448. The fourth-order valence-electron chi connectivity index (χ4n) is 4.34. The first-order valence-corrected chi connectivity index (χ1v) is 12.4. The summed E-state index contributed by atoms with van der Waals surface area (Å²) in [5, 5.41) is 2.82. The number of carbonyl (C=O) groups is 2. The predicted molar refractivity (Wildman–Crippen MR) is 139 cm³/mol. The van der Waals surface area contributed by atoms with Crippen molar-refractivity contribution in [2.45, 2.75) is 52.1 Å². The number of imidazole rings is 1. The topological polar surface area (TPSA) is 126 Å². The zero-order chi connectivity index (χ0) is 26.6. The normalized spacial score (nSPS) is 15.4. The van der Waals surface area contributed by atoms with Gasteiger partial charge in [-0.3, -0.25) is 10.1 Å². The quantitative estimate of drug-likeness (QED) is 0.420. The van der Waals surface area contributed by atoms with Gasteiger partial charge in [0.15, 0.2) is 5.65 Å². The van der Waals surface area contributed by atoms with E-state index in [0.717, 1.165) is 5.56 Å². The van der Waals surface area contributed by atoms with Crippen LogP contribution in [0.2, 0.25) is 0 Å². The highest BCUT2D eigenvalue weighted by atomic mass is 19.1. The molecule has 4 N–H and O–H groups in total. The van der Waals surface area contributed by atoms with Gasteiger partial charge in [-0.1, -0.05) is 12.1 Å². The average Bonchev–Trinajstić information content (AvgIpc) is 3.26. The van der Waals surface area contributed by atoms with Crippen LogP contribution in [0.3, 0.4) is 0 Å². The van der Waals surface area contributed by atoms with Crippen LogP contribution in [0, 0.1) is 11.7 Å². The van der Waals surface area contributed by atoms with E-state index in [4.69, 9.17) is 10.5 Å². The second kappa shape index (κ2) is 11.0. The molecule has 0 radical (unpaired) electrons. The van der Waals surface area contributed by atoms with Crippen LogP contribution in [-0.2, 0) is 16.0 Å². The lowest BCUT2D eigenvalue weighted by Crippen LogP contribution is -2.42. The third-order valence-corrected chi connectivity index (χ3v) is 6.28. The molecule has 0 aliphatic carbocycles. The van der Waals surface area contributed by atoms with Gasteiger partial charge >= 0.3 is 6.09 Å². The van der Waals surface area contributed by atoms with Crippen molar-refractivity contribution in [1.82, 2.24) is 19.9 Å². The summed E-state index contributed by atoms with van der Waals surface area (Å²) in [4.78, 5) is 39.1. The summed E-state index contributed by atoms with van der Waals surface area (Å²) in [6, 6.07) is 9.80. The number of rotatable bonds is 6. The molecule has 196 valence electrons. The molecule has 0 saturated carbocycles. The van der Waals surface area contributed by atoms with Crippen LogP contribution in [0.15, 0.2) is 53.9 Å². The number of fused-ring (bicyclic) bond motifs is 1. The van der Waals surface area contributed by atoms with Crippen molar-refractivity contribution in [1.29, 1.82) is 0 Å². The van der Waals surface area contributed by atoms with Crippen LogP contribution >= 0.6 is 0 Å². The molecule has 0 bridgehead atoms. The maximum atomic E-state index is 13.4. The number of aromatic nitrogens is 3. The number of piperidine rings is 1. The van der Waals surface area contributed by atoms with Crippen LogP contribution in [0.1, 0.15) is 45.6 Å². The van der Waals surface area contributed by atoms with Gasteiger partial charge in [0.1, 0.15) is 11.4 Å². The number of aromatic amines is 1.